The Morgan fingerprint density at radius 2 is 2.07 bits per heavy atom. The van der Waals surface area contributed by atoms with E-state index >= 15 is 0 Å². The Labute approximate surface area is 86.5 Å². The predicted molar refractivity (Wildman–Crippen MR) is 51.8 cm³/mol. The zero-order chi connectivity index (χ0) is 11.2. The molecule has 15 heavy (non-hydrogen) atoms. The molecule has 1 aliphatic heterocycles. The van der Waals surface area contributed by atoms with Gasteiger partial charge in [0.15, 0.2) is 0 Å². The number of hydrogen-bond donors (Lipinski definition) is 1. The van der Waals surface area contributed by atoms with Gasteiger partial charge in [-0.05, 0) is 32.0 Å². The summed E-state index contributed by atoms with van der Waals surface area (Å²) in [5, 5.41) is 8.83. The fraction of sp³-hybridized carbons (Fsp3) is 0.273. The average Bonchev–Trinajstić information content (AvgIpc) is 2.37. The van der Waals surface area contributed by atoms with Gasteiger partial charge in [-0.2, -0.15) is 0 Å². The molecule has 1 N–H and O–H groups in total. The lowest BCUT2D eigenvalue weighted by Gasteiger charge is -2.17. The minimum atomic E-state index is -1.01. The quantitative estimate of drug-likeness (QED) is 0.711. The molecule has 0 radical (unpaired) electrons. The number of carboxylic acids is 1. The molecule has 1 aliphatic rings. The van der Waals surface area contributed by atoms with Crippen LogP contribution in [0.25, 0.3) is 0 Å². The normalized spacial score (nSPS) is 17.1. The number of carboxylic acid groups (broad SMARTS) is 1. The van der Waals surface area contributed by atoms with Crippen molar-refractivity contribution in [2.45, 2.75) is 19.4 Å². The van der Waals surface area contributed by atoms with E-state index < -0.39 is 17.5 Å². The zero-order valence-electron chi connectivity index (χ0n) is 8.40. The van der Waals surface area contributed by atoms with E-state index in [9.17, 15) is 9.59 Å². The number of hydrogen-bond acceptors (Lipinski definition) is 3. The van der Waals surface area contributed by atoms with E-state index in [-0.39, 0.29) is 5.56 Å². The lowest BCUT2D eigenvalue weighted by atomic mass is 9.94. The third-order valence-electron chi connectivity index (χ3n) is 2.48. The van der Waals surface area contributed by atoms with E-state index in [1.807, 2.05) is 0 Å². The lowest BCUT2D eigenvalue weighted by Crippen LogP contribution is -2.16. The molecule has 0 spiro atoms. The number of fused-ring (bicyclic) bond motifs is 1. The van der Waals surface area contributed by atoms with Crippen molar-refractivity contribution in [2.24, 2.45) is 0 Å². The SMILES string of the molecule is CC1(C)OC(=O)c2ccc(C(=O)O)cc21. The first kappa shape index (κ1) is 9.71. The number of rotatable bonds is 1. The molecule has 1 aromatic rings. The van der Waals surface area contributed by atoms with Crippen LogP contribution in [0, 0.1) is 0 Å². The summed E-state index contributed by atoms with van der Waals surface area (Å²) in [5.41, 5.74) is 0.509. The Bertz CT molecular complexity index is 460. The molecule has 0 bridgehead atoms. The van der Waals surface area contributed by atoms with Gasteiger partial charge in [-0.1, -0.05) is 0 Å². The standard InChI is InChI=1S/C11H10O4/c1-11(2)8-5-6(9(12)13)3-4-7(8)10(14)15-11/h3-5H,1-2H3,(H,12,13). The first-order valence-corrected chi connectivity index (χ1v) is 4.53. The molecule has 2 rings (SSSR count). The van der Waals surface area contributed by atoms with Crippen molar-refractivity contribution in [3.8, 4) is 0 Å². The van der Waals surface area contributed by atoms with Gasteiger partial charge < -0.3 is 9.84 Å². The summed E-state index contributed by atoms with van der Waals surface area (Å²) < 4.78 is 5.12. The Kier molecular flexibility index (Phi) is 1.83. The van der Waals surface area contributed by atoms with Crippen molar-refractivity contribution in [1.29, 1.82) is 0 Å². The van der Waals surface area contributed by atoms with Crippen LogP contribution in [0.4, 0.5) is 0 Å². The summed E-state index contributed by atoms with van der Waals surface area (Å²) >= 11 is 0. The van der Waals surface area contributed by atoms with Crippen LogP contribution in [-0.2, 0) is 10.3 Å². The maximum Gasteiger partial charge on any atom is 0.339 e. The largest absolute Gasteiger partial charge is 0.478 e. The number of ether oxygens (including phenoxy) is 1. The van der Waals surface area contributed by atoms with Crippen molar-refractivity contribution < 1.29 is 19.4 Å². The van der Waals surface area contributed by atoms with Crippen molar-refractivity contribution in [1.82, 2.24) is 0 Å². The molecule has 0 saturated heterocycles. The van der Waals surface area contributed by atoms with E-state index in [2.05, 4.69) is 0 Å². The molecule has 1 aromatic carbocycles. The molecular formula is C11H10O4. The van der Waals surface area contributed by atoms with Crippen LogP contribution in [0.1, 0.15) is 40.1 Å². The number of aromatic carboxylic acids is 1. The van der Waals surface area contributed by atoms with E-state index in [0.29, 0.717) is 11.1 Å². The summed E-state index contributed by atoms with van der Waals surface area (Å²) in [6.07, 6.45) is 0. The van der Waals surface area contributed by atoms with Crippen molar-refractivity contribution >= 4 is 11.9 Å². The Balaban J connectivity index is 2.62. The second-order valence-electron chi connectivity index (χ2n) is 3.97. The zero-order valence-corrected chi connectivity index (χ0v) is 8.40. The Morgan fingerprint density at radius 3 is 2.67 bits per heavy atom. The number of carbonyl (C=O) groups excluding carboxylic acids is 1. The highest BCUT2D eigenvalue weighted by Crippen LogP contribution is 2.36. The Morgan fingerprint density at radius 1 is 1.40 bits per heavy atom. The van der Waals surface area contributed by atoms with Gasteiger partial charge in [0.05, 0.1) is 11.1 Å². The van der Waals surface area contributed by atoms with Crippen LogP contribution >= 0.6 is 0 Å². The summed E-state index contributed by atoms with van der Waals surface area (Å²) in [6, 6.07) is 4.39. The number of esters is 1. The van der Waals surface area contributed by atoms with E-state index in [1.165, 1.54) is 18.2 Å². The van der Waals surface area contributed by atoms with Gasteiger partial charge in [-0.25, -0.2) is 9.59 Å². The van der Waals surface area contributed by atoms with Crippen LogP contribution in [0.5, 0.6) is 0 Å². The van der Waals surface area contributed by atoms with E-state index in [0.717, 1.165) is 0 Å². The van der Waals surface area contributed by atoms with Crippen molar-refractivity contribution in [3.05, 3.63) is 34.9 Å². The van der Waals surface area contributed by atoms with Crippen LogP contribution in [0.15, 0.2) is 18.2 Å². The first-order chi connectivity index (χ1) is 6.92. The molecular weight excluding hydrogens is 196 g/mol. The molecule has 0 atom stereocenters. The highest BCUT2D eigenvalue weighted by atomic mass is 16.6. The van der Waals surface area contributed by atoms with Gasteiger partial charge in [0, 0.05) is 5.56 Å². The van der Waals surface area contributed by atoms with Gasteiger partial charge in [0.25, 0.3) is 0 Å². The molecule has 0 amide bonds. The van der Waals surface area contributed by atoms with E-state index in [1.54, 1.807) is 13.8 Å². The number of cyclic esters (lactones) is 1. The first-order valence-electron chi connectivity index (χ1n) is 4.53. The van der Waals surface area contributed by atoms with Gasteiger partial charge in [0.1, 0.15) is 5.60 Å². The predicted octanol–water partition coefficient (Wildman–Crippen LogP) is 1.79. The third kappa shape index (κ3) is 1.38. The second kappa shape index (κ2) is 2.82. The van der Waals surface area contributed by atoms with Crippen LogP contribution in [0.3, 0.4) is 0 Å². The summed E-state index contributed by atoms with van der Waals surface area (Å²) in [6.45, 7) is 3.48. The van der Waals surface area contributed by atoms with Gasteiger partial charge in [-0.3, -0.25) is 0 Å². The highest BCUT2D eigenvalue weighted by molar-refractivity contribution is 5.97. The number of carbonyl (C=O) groups is 2. The van der Waals surface area contributed by atoms with Gasteiger partial charge in [0.2, 0.25) is 0 Å². The minimum absolute atomic E-state index is 0.167. The second-order valence-corrected chi connectivity index (χ2v) is 3.97. The minimum Gasteiger partial charge on any atom is -0.478 e. The molecule has 0 saturated carbocycles. The molecule has 4 nitrogen and oxygen atoms in total. The van der Waals surface area contributed by atoms with Crippen LogP contribution < -0.4 is 0 Å². The average molecular weight is 206 g/mol. The molecule has 0 fully saturated rings. The van der Waals surface area contributed by atoms with Crippen molar-refractivity contribution in [2.75, 3.05) is 0 Å². The topological polar surface area (TPSA) is 63.6 Å². The lowest BCUT2D eigenvalue weighted by molar-refractivity contribution is 0.00954. The summed E-state index contributed by atoms with van der Waals surface area (Å²) in [7, 11) is 0. The fourth-order valence-electron chi connectivity index (χ4n) is 1.70. The van der Waals surface area contributed by atoms with Crippen molar-refractivity contribution in [3.63, 3.8) is 0 Å². The van der Waals surface area contributed by atoms with Gasteiger partial charge >= 0.3 is 11.9 Å². The highest BCUT2D eigenvalue weighted by Gasteiger charge is 2.37. The van der Waals surface area contributed by atoms with Gasteiger partial charge in [-0.15, -0.1) is 0 Å². The van der Waals surface area contributed by atoms with E-state index in [4.69, 9.17) is 9.84 Å². The smallest absolute Gasteiger partial charge is 0.339 e. The molecule has 4 heteroatoms. The summed E-state index contributed by atoms with van der Waals surface area (Å²) in [4.78, 5) is 22.2. The molecule has 0 aliphatic carbocycles. The number of benzene rings is 1. The molecule has 0 aromatic heterocycles. The van der Waals surface area contributed by atoms with Crippen LogP contribution in [0.2, 0.25) is 0 Å². The fourth-order valence-corrected chi connectivity index (χ4v) is 1.70. The molecule has 0 unspecified atom stereocenters. The maximum atomic E-state index is 11.4. The monoisotopic (exact) mass is 206 g/mol. The third-order valence-corrected chi connectivity index (χ3v) is 2.48. The van der Waals surface area contributed by atoms with Crippen LogP contribution in [-0.4, -0.2) is 17.0 Å². The summed E-state index contributed by atoms with van der Waals surface area (Å²) in [5.74, 6) is -1.40. The maximum absolute atomic E-state index is 11.4. The Hall–Kier alpha value is -1.84. The molecule has 1 heterocycles. The molecule has 78 valence electrons.